The molecule has 0 bridgehead atoms. The van der Waals surface area contributed by atoms with Crippen LogP contribution in [0, 0.1) is 5.92 Å². The zero-order valence-electron chi connectivity index (χ0n) is 31.9. The van der Waals surface area contributed by atoms with E-state index in [1.54, 1.807) is 0 Å². The Balaban J connectivity index is 0.920. The number of rotatable bonds is 11. The summed E-state index contributed by atoms with van der Waals surface area (Å²) >= 11 is 0. The van der Waals surface area contributed by atoms with E-state index in [0.717, 1.165) is 78.2 Å². The lowest BCUT2D eigenvalue weighted by Crippen LogP contribution is -2.21. The Labute approximate surface area is 330 Å². The van der Waals surface area contributed by atoms with Gasteiger partial charge in [-0.05, 0) is 121 Å². The van der Waals surface area contributed by atoms with E-state index in [2.05, 4.69) is 156 Å². The topological polar surface area (TPSA) is 63.2 Å². The van der Waals surface area contributed by atoms with Gasteiger partial charge in [-0.3, -0.25) is 0 Å². The van der Waals surface area contributed by atoms with E-state index in [4.69, 9.17) is 10.2 Å². The second-order valence-corrected chi connectivity index (χ2v) is 15.3. The third kappa shape index (κ3) is 7.84. The highest BCUT2D eigenvalue weighted by Gasteiger charge is 2.21. The highest BCUT2D eigenvalue weighted by molar-refractivity contribution is 5.90. The number of hydrogen-bond acceptors (Lipinski definition) is 4. The maximum Gasteiger partial charge on any atom is 0.135 e. The van der Waals surface area contributed by atoms with E-state index in [0.29, 0.717) is 5.92 Å². The van der Waals surface area contributed by atoms with Gasteiger partial charge in [0.25, 0.3) is 0 Å². The lowest BCUT2D eigenvalue weighted by molar-refractivity contribution is 0.562. The molecule has 4 heteroatoms. The van der Waals surface area contributed by atoms with E-state index in [-0.39, 0.29) is 6.04 Å². The lowest BCUT2D eigenvalue weighted by Gasteiger charge is -2.27. The van der Waals surface area contributed by atoms with Crippen molar-refractivity contribution in [2.75, 3.05) is 11.9 Å². The molecular formula is C52H49N3O. The number of hydrogen-bond donors (Lipinski definition) is 3. The van der Waals surface area contributed by atoms with Crippen LogP contribution in [0.4, 0.5) is 11.4 Å². The molecule has 4 nitrogen and oxygen atoms in total. The summed E-state index contributed by atoms with van der Waals surface area (Å²) in [6.45, 7) is 0.815. The minimum atomic E-state index is -0.188. The molecule has 0 fully saturated rings. The smallest absolute Gasteiger partial charge is 0.135 e. The third-order valence-electron chi connectivity index (χ3n) is 11.6. The van der Waals surface area contributed by atoms with Gasteiger partial charge in [0.05, 0.1) is 6.04 Å². The molecule has 0 spiro atoms. The Kier molecular flexibility index (Phi) is 10.4. The van der Waals surface area contributed by atoms with Gasteiger partial charge in [-0.15, -0.1) is 0 Å². The first kappa shape index (κ1) is 35.6. The van der Waals surface area contributed by atoms with Crippen molar-refractivity contribution in [1.29, 1.82) is 0 Å². The minimum Gasteiger partial charge on any atom is -0.456 e. The second-order valence-electron chi connectivity index (χ2n) is 15.3. The Hall–Kier alpha value is -6.10. The molecule has 1 aromatic heterocycles. The zero-order valence-corrected chi connectivity index (χ0v) is 31.9. The van der Waals surface area contributed by atoms with E-state index < -0.39 is 0 Å². The third-order valence-corrected chi connectivity index (χ3v) is 11.6. The van der Waals surface area contributed by atoms with Gasteiger partial charge in [0, 0.05) is 40.1 Å². The quantitative estimate of drug-likeness (QED) is 0.116. The molecule has 56 heavy (non-hydrogen) atoms. The number of para-hydroxylation sites is 1. The Morgan fingerprint density at radius 2 is 1.62 bits per heavy atom. The molecule has 2 atom stereocenters. The van der Waals surface area contributed by atoms with Crippen LogP contribution in [0.25, 0.3) is 39.4 Å². The van der Waals surface area contributed by atoms with Gasteiger partial charge in [0.2, 0.25) is 0 Å². The second kappa shape index (κ2) is 16.3. The molecule has 9 rings (SSSR count). The van der Waals surface area contributed by atoms with Gasteiger partial charge in [-0.2, -0.15) is 0 Å². The van der Waals surface area contributed by atoms with Crippen LogP contribution in [0.2, 0.25) is 0 Å². The van der Waals surface area contributed by atoms with Crippen LogP contribution >= 0.6 is 0 Å². The summed E-state index contributed by atoms with van der Waals surface area (Å²) < 4.78 is 6.14. The molecule has 3 aliphatic rings. The van der Waals surface area contributed by atoms with E-state index >= 15 is 0 Å². The number of fused-ring (bicyclic) bond motifs is 3. The first-order valence-electron chi connectivity index (χ1n) is 20.3. The summed E-state index contributed by atoms with van der Waals surface area (Å²) in [5, 5.41) is 8.82. The predicted molar refractivity (Wildman–Crippen MR) is 235 cm³/mol. The van der Waals surface area contributed by atoms with Crippen molar-refractivity contribution >= 4 is 39.7 Å². The van der Waals surface area contributed by atoms with Crippen molar-refractivity contribution < 1.29 is 4.42 Å². The number of allylic oxidation sites excluding steroid dienone is 6. The summed E-state index contributed by atoms with van der Waals surface area (Å²) in [6, 6.07) is 44.8. The minimum absolute atomic E-state index is 0.188. The van der Waals surface area contributed by atoms with Gasteiger partial charge >= 0.3 is 0 Å². The van der Waals surface area contributed by atoms with Crippen molar-refractivity contribution in [3.8, 4) is 11.1 Å². The maximum atomic E-state index is 6.69. The average molecular weight is 732 g/mol. The van der Waals surface area contributed by atoms with Crippen molar-refractivity contribution in [1.82, 2.24) is 5.32 Å². The van der Waals surface area contributed by atoms with Crippen LogP contribution < -0.4 is 16.4 Å². The molecule has 6 aromatic rings. The molecular weight excluding hydrogens is 683 g/mol. The molecule has 2 unspecified atom stereocenters. The molecule has 0 amide bonds. The van der Waals surface area contributed by atoms with Gasteiger partial charge in [-0.1, -0.05) is 133 Å². The molecule has 0 saturated heterocycles. The Morgan fingerprint density at radius 1 is 0.804 bits per heavy atom. The fourth-order valence-electron chi connectivity index (χ4n) is 8.61. The van der Waals surface area contributed by atoms with Crippen LogP contribution in [0.1, 0.15) is 72.6 Å². The first-order valence-corrected chi connectivity index (χ1v) is 20.3. The van der Waals surface area contributed by atoms with Crippen LogP contribution in [0.3, 0.4) is 0 Å². The van der Waals surface area contributed by atoms with Crippen LogP contribution in [-0.4, -0.2) is 6.54 Å². The monoisotopic (exact) mass is 731 g/mol. The molecule has 278 valence electrons. The summed E-state index contributed by atoms with van der Waals surface area (Å²) in [4.78, 5) is 0. The molecule has 0 radical (unpaired) electrons. The number of anilines is 2. The Bertz CT molecular complexity index is 2500. The first-order chi connectivity index (χ1) is 27.6. The lowest BCUT2D eigenvalue weighted by atomic mass is 9.80. The van der Waals surface area contributed by atoms with E-state index in [1.165, 1.54) is 57.2 Å². The van der Waals surface area contributed by atoms with E-state index in [9.17, 15) is 0 Å². The summed E-state index contributed by atoms with van der Waals surface area (Å²) in [7, 11) is 0. The number of nitrogens with two attached hydrogens (primary N) is 1. The van der Waals surface area contributed by atoms with Gasteiger partial charge in [-0.25, -0.2) is 0 Å². The fraction of sp³-hybridized carbons (Fsp3) is 0.192. The maximum absolute atomic E-state index is 6.69. The van der Waals surface area contributed by atoms with E-state index in [1.807, 2.05) is 18.2 Å². The average Bonchev–Trinajstić information content (AvgIpc) is 3.64. The fourth-order valence-corrected chi connectivity index (χ4v) is 8.61. The van der Waals surface area contributed by atoms with Gasteiger partial charge in [0.1, 0.15) is 11.3 Å². The predicted octanol–water partition coefficient (Wildman–Crippen LogP) is 13.0. The van der Waals surface area contributed by atoms with Crippen LogP contribution in [0.5, 0.6) is 0 Å². The largest absolute Gasteiger partial charge is 0.456 e. The normalized spacial score (nSPS) is 17.4. The Morgan fingerprint density at radius 3 is 2.52 bits per heavy atom. The van der Waals surface area contributed by atoms with Crippen molar-refractivity contribution in [3.05, 3.63) is 197 Å². The highest BCUT2D eigenvalue weighted by atomic mass is 16.3. The zero-order chi connectivity index (χ0) is 37.7. The standard InChI is InChI=1S/C52H49N3O/c53-48(37-15-3-1-4-16-37)34-50(38-17-5-2-6-18-38)54-35-36-14-11-19-39(30-36)40-20-12-22-43(31-40)45-24-7-9-26-49(45)55-44-23-13-21-41(32-44)42-28-29-52-47(33-42)46-25-8-10-27-51(46)56-52/h1-7,9-10,13,15-18,21-24,26-34,39,48,54-55H,8,11-12,14,19-20,25,35,53H2/b50-34-. The van der Waals surface area contributed by atoms with Crippen molar-refractivity contribution in [2.45, 2.75) is 51.0 Å². The molecule has 3 aliphatic carbocycles. The van der Waals surface area contributed by atoms with Crippen molar-refractivity contribution in [2.24, 2.45) is 11.7 Å². The van der Waals surface area contributed by atoms with Gasteiger partial charge in [0.15, 0.2) is 0 Å². The molecule has 5 aromatic carbocycles. The molecule has 0 aliphatic heterocycles. The summed E-state index contributed by atoms with van der Waals surface area (Å²) in [5.74, 6) is 1.46. The number of furan rings is 1. The van der Waals surface area contributed by atoms with Crippen LogP contribution in [0.15, 0.2) is 173 Å². The molecule has 0 saturated carbocycles. The van der Waals surface area contributed by atoms with Gasteiger partial charge < -0.3 is 20.8 Å². The highest BCUT2D eigenvalue weighted by Crippen LogP contribution is 2.39. The number of benzene rings is 5. The molecule has 4 N–H and O–H groups in total. The summed E-state index contributed by atoms with van der Waals surface area (Å²) in [6.07, 6.45) is 21.7. The summed E-state index contributed by atoms with van der Waals surface area (Å²) in [5.41, 5.74) is 22.5. The number of aryl methyl sites for hydroxylation is 1. The molecule has 1 heterocycles. The van der Waals surface area contributed by atoms with Crippen LogP contribution in [-0.2, 0) is 6.42 Å². The SMILES string of the molecule is NC(/C=C(\NCC1=CC(C2=CC(c3ccccc3Nc3cccc(-c4ccc5oc6c(c5c4)CCC=C6)c3)=CCC2)CCC1)c1ccccc1)c1ccccc1. The number of nitrogens with one attached hydrogen (secondary N) is 2. The van der Waals surface area contributed by atoms with Crippen molar-refractivity contribution in [3.63, 3.8) is 0 Å².